The van der Waals surface area contributed by atoms with Crippen molar-refractivity contribution in [2.75, 3.05) is 20.1 Å². The fourth-order valence-corrected chi connectivity index (χ4v) is 2.58. The molecule has 0 aromatic heterocycles. The van der Waals surface area contributed by atoms with E-state index in [1.807, 2.05) is 11.0 Å². The summed E-state index contributed by atoms with van der Waals surface area (Å²) in [5, 5.41) is 2.92. The molecular weight excluding hydrogens is 248 g/mol. The van der Waals surface area contributed by atoms with Crippen molar-refractivity contribution in [3.05, 3.63) is 35.4 Å². The van der Waals surface area contributed by atoms with E-state index in [0.29, 0.717) is 6.54 Å². The Morgan fingerprint density at radius 3 is 2.72 bits per heavy atom. The zero-order chi connectivity index (χ0) is 12.5. The molecule has 1 aliphatic heterocycles. The third-order valence-electron chi connectivity index (χ3n) is 3.37. The molecule has 1 aliphatic rings. The van der Waals surface area contributed by atoms with Gasteiger partial charge in [-0.3, -0.25) is 4.79 Å². The molecule has 0 unspecified atom stereocenters. The van der Waals surface area contributed by atoms with Gasteiger partial charge in [-0.15, -0.1) is 12.4 Å². The second-order valence-corrected chi connectivity index (χ2v) is 5.32. The fraction of sp³-hybridized carbons (Fsp3) is 0.500. The Balaban J connectivity index is 0.00000162. The molecule has 0 aliphatic carbocycles. The van der Waals surface area contributed by atoms with Gasteiger partial charge >= 0.3 is 0 Å². The zero-order valence-corrected chi connectivity index (χ0v) is 12.0. The number of fused-ring (bicyclic) bond motifs is 1. The summed E-state index contributed by atoms with van der Waals surface area (Å²) in [7, 11) is 1.81. The average molecular weight is 269 g/mol. The molecule has 0 saturated carbocycles. The van der Waals surface area contributed by atoms with E-state index in [4.69, 9.17) is 0 Å². The van der Waals surface area contributed by atoms with Crippen LogP contribution >= 0.6 is 12.4 Å². The summed E-state index contributed by atoms with van der Waals surface area (Å²) in [6, 6.07) is 8.41. The second-order valence-electron chi connectivity index (χ2n) is 5.32. The first-order valence-corrected chi connectivity index (χ1v) is 6.05. The summed E-state index contributed by atoms with van der Waals surface area (Å²) in [6.45, 7) is 6.35. The van der Waals surface area contributed by atoms with Crippen molar-refractivity contribution >= 4 is 18.3 Å². The van der Waals surface area contributed by atoms with Gasteiger partial charge in [-0.25, -0.2) is 0 Å². The lowest BCUT2D eigenvalue weighted by molar-refractivity contribution is -0.132. The van der Waals surface area contributed by atoms with Gasteiger partial charge in [0.2, 0.25) is 5.91 Å². The minimum absolute atomic E-state index is 0. The topological polar surface area (TPSA) is 32.3 Å². The summed E-state index contributed by atoms with van der Waals surface area (Å²) in [4.78, 5) is 13.9. The van der Waals surface area contributed by atoms with Crippen LogP contribution in [0.5, 0.6) is 0 Å². The lowest BCUT2D eigenvalue weighted by atomic mass is 9.78. The van der Waals surface area contributed by atoms with Crippen LogP contribution in [0, 0.1) is 0 Å². The monoisotopic (exact) mass is 268 g/mol. The third-order valence-corrected chi connectivity index (χ3v) is 3.37. The second kappa shape index (κ2) is 5.72. The summed E-state index contributed by atoms with van der Waals surface area (Å²) in [5.41, 5.74) is 2.68. The number of carbonyl (C=O) groups is 1. The average Bonchev–Trinajstić information content (AvgIpc) is 2.28. The van der Waals surface area contributed by atoms with Crippen LogP contribution in [0.1, 0.15) is 25.0 Å². The summed E-state index contributed by atoms with van der Waals surface area (Å²) in [5.74, 6) is 0.176. The Labute approximate surface area is 115 Å². The van der Waals surface area contributed by atoms with Gasteiger partial charge in [0.25, 0.3) is 0 Å². The molecule has 4 heteroatoms. The van der Waals surface area contributed by atoms with Crippen LogP contribution in [0.25, 0.3) is 0 Å². The van der Waals surface area contributed by atoms with Crippen LogP contribution < -0.4 is 5.32 Å². The smallest absolute Gasteiger partial charge is 0.236 e. The van der Waals surface area contributed by atoms with Crippen LogP contribution in [0.3, 0.4) is 0 Å². The zero-order valence-electron chi connectivity index (χ0n) is 11.2. The number of rotatable bonds is 2. The number of likely N-dealkylation sites (N-methyl/N-ethyl adjacent to an activating group) is 1. The van der Waals surface area contributed by atoms with Crippen molar-refractivity contribution in [3.8, 4) is 0 Å². The van der Waals surface area contributed by atoms with Gasteiger partial charge in [0.1, 0.15) is 0 Å². The number of halogens is 1. The molecule has 1 amide bonds. The summed E-state index contributed by atoms with van der Waals surface area (Å²) in [6.07, 6.45) is 0. The van der Waals surface area contributed by atoms with Crippen molar-refractivity contribution in [1.29, 1.82) is 0 Å². The number of carbonyl (C=O) groups excluding carboxylic acids is 1. The maximum absolute atomic E-state index is 12.0. The molecule has 0 fully saturated rings. The highest BCUT2D eigenvalue weighted by atomic mass is 35.5. The normalized spacial score (nSPS) is 16.7. The molecule has 0 spiro atoms. The first kappa shape index (κ1) is 15.0. The van der Waals surface area contributed by atoms with Crippen molar-refractivity contribution < 1.29 is 4.79 Å². The van der Waals surface area contributed by atoms with E-state index < -0.39 is 0 Å². The Morgan fingerprint density at radius 1 is 1.39 bits per heavy atom. The van der Waals surface area contributed by atoms with E-state index >= 15 is 0 Å². The molecule has 0 radical (unpaired) electrons. The van der Waals surface area contributed by atoms with E-state index in [1.54, 1.807) is 7.05 Å². The molecule has 0 saturated heterocycles. The Hall–Kier alpha value is -1.06. The molecule has 0 bridgehead atoms. The van der Waals surface area contributed by atoms with Crippen molar-refractivity contribution in [1.82, 2.24) is 10.2 Å². The number of hydrogen-bond donors (Lipinski definition) is 1. The number of benzene rings is 1. The van der Waals surface area contributed by atoms with Gasteiger partial charge in [0.15, 0.2) is 0 Å². The molecule has 100 valence electrons. The van der Waals surface area contributed by atoms with Gasteiger partial charge in [-0.2, -0.15) is 0 Å². The van der Waals surface area contributed by atoms with E-state index in [2.05, 4.69) is 37.4 Å². The predicted octanol–water partition coefficient (Wildman–Crippen LogP) is 1.95. The van der Waals surface area contributed by atoms with Gasteiger partial charge in [0.05, 0.1) is 6.54 Å². The summed E-state index contributed by atoms with van der Waals surface area (Å²) < 4.78 is 0. The van der Waals surface area contributed by atoms with Crippen LogP contribution in [0.4, 0.5) is 0 Å². The third kappa shape index (κ3) is 2.85. The highest BCUT2D eigenvalue weighted by Crippen LogP contribution is 2.32. The Morgan fingerprint density at radius 2 is 2.06 bits per heavy atom. The maximum atomic E-state index is 12.0. The SMILES string of the molecule is CNCC(=O)N1Cc2ccccc2C(C)(C)C1.Cl. The number of hydrogen-bond acceptors (Lipinski definition) is 2. The molecule has 1 aromatic carbocycles. The van der Waals surface area contributed by atoms with Crippen molar-refractivity contribution in [2.24, 2.45) is 0 Å². The molecule has 1 N–H and O–H groups in total. The van der Waals surface area contributed by atoms with Crippen molar-refractivity contribution in [2.45, 2.75) is 25.8 Å². The lowest BCUT2D eigenvalue weighted by Gasteiger charge is -2.40. The molecule has 18 heavy (non-hydrogen) atoms. The maximum Gasteiger partial charge on any atom is 0.236 e. The first-order valence-electron chi connectivity index (χ1n) is 6.05. The molecular formula is C14H21ClN2O. The Bertz CT molecular complexity index is 432. The molecule has 2 rings (SSSR count). The van der Waals surface area contributed by atoms with Crippen LogP contribution in [0.15, 0.2) is 24.3 Å². The van der Waals surface area contributed by atoms with Crippen LogP contribution in [-0.2, 0) is 16.8 Å². The van der Waals surface area contributed by atoms with E-state index in [1.165, 1.54) is 11.1 Å². The van der Waals surface area contributed by atoms with Crippen LogP contribution in [-0.4, -0.2) is 30.9 Å². The highest BCUT2D eigenvalue weighted by Gasteiger charge is 2.32. The van der Waals surface area contributed by atoms with E-state index in [9.17, 15) is 4.79 Å². The van der Waals surface area contributed by atoms with Crippen LogP contribution in [0.2, 0.25) is 0 Å². The number of nitrogens with zero attached hydrogens (tertiary/aromatic N) is 1. The standard InChI is InChI=1S/C14H20N2O.ClH/c1-14(2)10-16(13(17)8-15-3)9-11-6-4-5-7-12(11)14;/h4-7,15H,8-10H2,1-3H3;1H. The van der Waals surface area contributed by atoms with Gasteiger partial charge in [0, 0.05) is 18.5 Å². The predicted molar refractivity (Wildman–Crippen MR) is 76.1 cm³/mol. The van der Waals surface area contributed by atoms with Crippen molar-refractivity contribution in [3.63, 3.8) is 0 Å². The Kier molecular flexibility index (Phi) is 4.77. The minimum atomic E-state index is 0. The lowest BCUT2D eigenvalue weighted by Crippen LogP contribution is -2.47. The molecule has 1 aromatic rings. The number of amides is 1. The number of nitrogens with one attached hydrogen (secondary N) is 1. The van der Waals surface area contributed by atoms with Gasteiger partial charge in [-0.05, 0) is 18.2 Å². The fourth-order valence-electron chi connectivity index (χ4n) is 2.58. The van der Waals surface area contributed by atoms with E-state index in [-0.39, 0.29) is 23.7 Å². The molecule has 1 heterocycles. The molecule has 3 nitrogen and oxygen atoms in total. The van der Waals surface area contributed by atoms with Gasteiger partial charge in [-0.1, -0.05) is 38.1 Å². The van der Waals surface area contributed by atoms with Gasteiger partial charge < -0.3 is 10.2 Å². The largest absolute Gasteiger partial charge is 0.336 e. The quantitative estimate of drug-likeness (QED) is 0.889. The summed E-state index contributed by atoms with van der Waals surface area (Å²) >= 11 is 0. The highest BCUT2D eigenvalue weighted by molar-refractivity contribution is 5.85. The molecule has 0 atom stereocenters. The van der Waals surface area contributed by atoms with E-state index in [0.717, 1.165) is 13.1 Å². The first-order chi connectivity index (χ1) is 8.04. The minimum Gasteiger partial charge on any atom is -0.336 e.